The van der Waals surface area contributed by atoms with Crippen LogP contribution in [0.1, 0.15) is 18.5 Å². The highest BCUT2D eigenvalue weighted by atomic mass is 32.2. The van der Waals surface area contributed by atoms with Gasteiger partial charge in [-0.25, -0.2) is 4.98 Å². The molecule has 1 atom stereocenters. The number of ether oxygens (including phenoxy) is 2. The Morgan fingerprint density at radius 3 is 2.79 bits per heavy atom. The van der Waals surface area contributed by atoms with E-state index in [1.807, 2.05) is 60.8 Å². The number of nitrogens with zero attached hydrogens (tertiary/aromatic N) is 1. The Bertz CT molecular complexity index is 959. The van der Waals surface area contributed by atoms with Crippen molar-refractivity contribution >= 4 is 29.0 Å². The summed E-state index contributed by atoms with van der Waals surface area (Å²) in [7, 11) is 0. The quantitative estimate of drug-likeness (QED) is 0.602. The van der Waals surface area contributed by atoms with Crippen LogP contribution in [0.3, 0.4) is 0 Å². The molecule has 1 amide bonds. The summed E-state index contributed by atoms with van der Waals surface area (Å²) in [4.78, 5) is 17.0. The third-order valence-electron chi connectivity index (χ3n) is 4.32. The Kier molecular flexibility index (Phi) is 5.83. The molecular formula is C21H20N2O3S2. The molecule has 1 aromatic heterocycles. The number of amides is 1. The van der Waals surface area contributed by atoms with E-state index in [1.54, 1.807) is 11.3 Å². The highest BCUT2D eigenvalue weighted by molar-refractivity contribution is 8.01. The average Bonchev–Trinajstić information content (AvgIpc) is 3.22. The standard InChI is InChI=1S/C21H20N2O3S2/c1-14(16-7-8-18-19(11-16)26-10-9-25-18)22-20(24)13-28-21-23-17(12-27-21)15-5-3-2-4-6-15/h2-8,11-12,14H,9-10,13H2,1H3,(H,22,24)/t14-/m0/s1. The number of nitrogens with one attached hydrogen (secondary N) is 1. The van der Waals surface area contributed by atoms with Crippen LogP contribution in [-0.4, -0.2) is 29.9 Å². The summed E-state index contributed by atoms with van der Waals surface area (Å²) in [6.45, 7) is 3.08. The van der Waals surface area contributed by atoms with E-state index in [2.05, 4.69) is 10.3 Å². The lowest BCUT2D eigenvalue weighted by molar-refractivity contribution is -0.119. The van der Waals surface area contributed by atoms with Crippen molar-refractivity contribution in [2.45, 2.75) is 17.3 Å². The van der Waals surface area contributed by atoms with Gasteiger partial charge in [-0.1, -0.05) is 48.2 Å². The van der Waals surface area contributed by atoms with Gasteiger partial charge in [0.2, 0.25) is 5.91 Å². The van der Waals surface area contributed by atoms with Gasteiger partial charge in [0.05, 0.1) is 17.5 Å². The van der Waals surface area contributed by atoms with E-state index in [4.69, 9.17) is 9.47 Å². The minimum absolute atomic E-state index is 0.0242. The monoisotopic (exact) mass is 412 g/mol. The number of thioether (sulfide) groups is 1. The summed E-state index contributed by atoms with van der Waals surface area (Å²) < 4.78 is 12.0. The molecule has 2 heterocycles. The third-order valence-corrected chi connectivity index (χ3v) is 6.34. The van der Waals surface area contributed by atoms with Crippen LogP contribution in [0.2, 0.25) is 0 Å². The predicted octanol–water partition coefficient (Wildman–Crippen LogP) is 4.55. The van der Waals surface area contributed by atoms with E-state index in [-0.39, 0.29) is 11.9 Å². The van der Waals surface area contributed by atoms with Gasteiger partial charge < -0.3 is 14.8 Å². The van der Waals surface area contributed by atoms with Crippen LogP contribution in [0.4, 0.5) is 0 Å². The molecule has 2 aromatic carbocycles. The van der Waals surface area contributed by atoms with E-state index in [0.717, 1.165) is 32.7 Å². The molecule has 7 heteroatoms. The first-order valence-corrected chi connectivity index (χ1v) is 10.9. The Morgan fingerprint density at radius 1 is 1.18 bits per heavy atom. The third kappa shape index (κ3) is 4.48. The number of hydrogen-bond donors (Lipinski definition) is 1. The normalized spacial score (nSPS) is 13.8. The fourth-order valence-electron chi connectivity index (χ4n) is 2.89. The van der Waals surface area contributed by atoms with Crippen LogP contribution in [-0.2, 0) is 4.79 Å². The average molecular weight is 413 g/mol. The first-order chi connectivity index (χ1) is 13.7. The van der Waals surface area contributed by atoms with E-state index in [9.17, 15) is 4.79 Å². The SMILES string of the molecule is C[C@H](NC(=O)CSc1nc(-c2ccccc2)cs1)c1ccc2c(c1)OCCO2. The maximum Gasteiger partial charge on any atom is 0.230 e. The Labute approximate surface area is 172 Å². The van der Waals surface area contributed by atoms with E-state index < -0.39 is 0 Å². The van der Waals surface area contributed by atoms with Gasteiger partial charge in [-0.2, -0.15) is 0 Å². The van der Waals surface area contributed by atoms with E-state index in [0.29, 0.717) is 19.0 Å². The fraction of sp³-hybridized carbons (Fsp3) is 0.238. The molecule has 0 bridgehead atoms. The molecule has 1 N–H and O–H groups in total. The number of rotatable bonds is 6. The van der Waals surface area contributed by atoms with Crippen molar-refractivity contribution in [1.29, 1.82) is 0 Å². The highest BCUT2D eigenvalue weighted by Gasteiger charge is 2.16. The van der Waals surface area contributed by atoms with Gasteiger partial charge in [-0.3, -0.25) is 4.79 Å². The van der Waals surface area contributed by atoms with Crippen LogP contribution in [0.5, 0.6) is 11.5 Å². The van der Waals surface area contributed by atoms with Gasteiger partial charge in [0.15, 0.2) is 15.8 Å². The van der Waals surface area contributed by atoms with Crippen molar-refractivity contribution in [3.8, 4) is 22.8 Å². The number of benzene rings is 2. The second-order valence-corrected chi connectivity index (χ2v) is 8.43. The van der Waals surface area contributed by atoms with Gasteiger partial charge >= 0.3 is 0 Å². The zero-order chi connectivity index (χ0) is 19.3. The van der Waals surface area contributed by atoms with Crippen LogP contribution in [0.15, 0.2) is 58.3 Å². The zero-order valence-electron chi connectivity index (χ0n) is 15.4. The number of thiazole rings is 1. The van der Waals surface area contributed by atoms with E-state index >= 15 is 0 Å². The summed E-state index contributed by atoms with van der Waals surface area (Å²) in [6.07, 6.45) is 0. The number of hydrogen-bond acceptors (Lipinski definition) is 6. The molecule has 0 radical (unpaired) electrons. The molecule has 0 saturated heterocycles. The lowest BCUT2D eigenvalue weighted by atomic mass is 10.1. The minimum Gasteiger partial charge on any atom is -0.486 e. The van der Waals surface area contributed by atoms with Crippen molar-refractivity contribution in [1.82, 2.24) is 10.3 Å². The fourth-order valence-corrected chi connectivity index (χ4v) is 4.53. The zero-order valence-corrected chi connectivity index (χ0v) is 17.0. The smallest absolute Gasteiger partial charge is 0.230 e. The van der Waals surface area contributed by atoms with E-state index in [1.165, 1.54) is 11.8 Å². The summed E-state index contributed by atoms with van der Waals surface area (Å²) >= 11 is 3.01. The topological polar surface area (TPSA) is 60.5 Å². The van der Waals surface area contributed by atoms with Gasteiger partial charge in [-0.05, 0) is 24.6 Å². The number of fused-ring (bicyclic) bond motifs is 1. The molecule has 4 rings (SSSR count). The molecule has 0 aliphatic carbocycles. The molecule has 0 saturated carbocycles. The van der Waals surface area contributed by atoms with Gasteiger partial charge in [0, 0.05) is 10.9 Å². The highest BCUT2D eigenvalue weighted by Crippen LogP contribution is 2.33. The molecule has 28 heavy (non-hydrogen) atoms. The van der Waals surface area contributed by atoms with Crippen molar-refractivity contribution < 1.29 is 14.3 Å². The van der Waals surface area contributed by atoms with Gasteiger partial charge in [0.1, 0.15) is 13.2 Å². The number of carbonyl (C=O) groups is 1. The lowest BCUT2D eigenvalue weighted by Crippen LogP contribution is -2.28. The van der Waals surface area contributed by atoms with Crippen molar-refractivity contribution in [3.63, 3.8) is 0 Å². The molecule has 1 aliphatic rings. The summed E-state index contributed by atoms with van der Waals surface area (Å²) in [5.74, 6) is 1.79. The Morgan fingerprint density at radius 2 is 1.96 bits per heavy atom. The molecule has 0 fully saturated rings. The first kappa shape index (κ1) is 18.8. The summed E-state index contributed by atoms with van der Waals surface area (Å²) in [5.41, 5.74) is 3.02. The Hall–Kier alpha value is -2.51. The van der Waals surface area contributed by atoms with Crippen LogP contribution < -0.4 is 14.8 Å². The molecule has 0 spiro atoms. The lowest BCUT2D eigenvalue weighted by Gasteiger charge is -2.21. The molecule has 3 aromatic rings. The summed E-state index contributed by atoms with van der Waals surface area (Å²) in [6, 6.07) is 15.7. The van der Waals surface area contributed by atoms with Gasteiger partial charge in [-0.15, -0.1) is 11.3 Å². The van der Waals surface area contributed by atoms with Crippen molar-refractivity contribution in [3.05, 3.63) is 59.5 Å². The molecule has 1 aliphatic heterocycles. The second-order valence-electron chi connectivity index (χ2n) is 6.35. The number of carbonyl (C=O) groups excluding carboxylic acids is 1. The van der Waals surface area contributed by atoms with Crippen molar-refractivity contribution in [2.24, 2.45) is 0 Å². The van der Waals surface area contributed by atoms with Gasteiger partial charge in [0.25, 0.3) is 0 Å². The Balaban J connectivity index is 1.31. The molecule has 0 unspecified atom stereocenters. The molecular weight excluding hydrogens is 392 g/mol. The molecule has 5 nitrogen and oxygen atoms in total. The minimum atomic E-state index is -0.111. The maximum atomic E-state index is 12.4. The largest absolute Gasteiger partial charge is 0.486 e. The van der Waals surface area contributed by atoms with Crippen LogP contribution in [0, 0.1) is 0 Å². The van der Waals surface area contributed by atoms with Crippen molar-refractivity contribution in [2.75, 3.05) is 19.0 Å². The summed E-state index contributed by atoms with van der Waals surface area (Å²) in [5, 5.41) is 5.05. The maximum absolute atomic E-state index is 12.4. The first-order valence-electron chi connectivity index (χ1n) is 9.02. The predicted molar refractivity (Wildman–Crippen MR) is 112 cm³/mol. The van der Waals surface area contributed by atoms with Crippen LogP contribution in [0.25, 0.3) is 11.3 Å². The number of aromatic nitrogens is 1. The second kappa shape index (κ2) is 8.67. The molecule has 144 valence electrons. The van der Waals surface area contributed by atoms with Crippen LogP contribution >= 0.6 is 23.1 Å².